The molecule has 0 aliphatic carbocycles. The van der Waals surface area contributed by atoms with Crippen LogP contribution in [0.5, 0.6) is 0 Å². The smallest absolute Gasteiger partial charge is 0.329 e. The largest absolute Gasteiger partial charge is 0.460 e. The second kappa shape index (κ2) is 11.9. The number of hydrogen-bond acceptors (Lipinski definition) is 5. The zero-order valence-electron chi connectivity index (χ0n) is 19.4. The van der Waals surface area contributed by atoms with Crippen LogP contribution in [0.1, 0.15) is 74.1 Å². The maximum absolute atomic E-state index is 12.9. The van der Waals surface area contributed by atoms with Crippen molar-refractivity contribution in [1.82, 2.24) is 16.0 Å². The summed E-state index contributed by atoms with van der Waals surface area (Å²) in [6, 6.07) is -2.50. The van der Waals surface area contributed by atoms with E-state index in [1.165, 1.54) is 0 Å². The molecule has 0 saturated carbocycles. The number of hydrogen-bond donors (Lipinski definition) is 3. The van der Waals surface area contributed by atoms with Crippen LogP contribution in [0.15, 0.2) is 0 Å². The number of rotatable bonds is 6. The zero-order chi connectivity index (χ0) is 23.0. The number of unbranched alkanes of at least 4 members (excludes halogenated alkanes) is 1. The van der Waals surface area contributed by atoms with Gasteiger partial charge in [0.25, 0.3) is 0 Å². The van der Waals surface area contributed by atoms with Gasteiger partial charge >= 0.3 is 5.97 Å². The zero-order valence-corrected chi connectivity index (χ0v) is 19.4. The molecule has 0 aromatic heterocycles. The van der Waals surface area contributed by atoms with Gasteiger partial charge in [0.1, 0.15) is 24.2 Å². The van der Waals surface area contributed by atoms with E-state index in [0.29, 0.717) is 0 Å². The molecule has 5 atom stereocenters. The molecule has 172 valence electrons. The quantitative estimate of drug-likeness (QED) is 0.563. The molecule has 0 radical (unpaired) electrons. The fourth-order valence-electron chi connectivity index (χ4n) is 3.39. The molecule has 1 heterocycles. The number of carbonyl (C=O) groups excluding carboxylic acids is 4. The van der Waals surface area contributed by atoms with Crippen molar-refractivity contribution in [2.24, 2.45) is 17.8 Å². The summed E-state index contributed by atoms with van der Waals surface area (Å²) in [5, 5.41) is 8.09. The topological polar surface area (TPSA) is 114 Å². The van der Waals surface area contributed by atoms with Gasteiger partial charge in [0.15, 0.2) is 0 Å². The van der Waals surface area contributed by atoms with Crippen molar-refractivity contribution in [3.05, 3.63) is 0 Å². The highest BCUT2D eigenvalue weighted by atomic mass is 16.5. The number of esters is 1. The second-order valence-corrected chi connectivity index (χ2v) is 9.05. The Morgan fingerprint density at radius 1 is 0.900 bits per heavy atom. The summed E-state index contributed by atoms with van der Waals surface area (Å²) in [5.74, 6) is -2.21. The third-order valence-corrected chi connectivity index (χ3v) is 5.54. The fourth-order valence-corrected chi connectivity index (χ4v) is 3.39. The van der Waals surface area contributed by atoms with E-state index in [-0.39, 0.29) is 30.1 Å². The molecule has 0 aromatic carbocycles. The predicted molar refractivity (Wildman–Crippen MR) is 114 cm³/mol. The van der Waals surface area contributed by atoms with Crippen molar-refractivity contribution in [3.63, 3.8) is 0 Å². The Morgan fingerprint density at radius 3 is 2.03 bits per heavy atom. The Labute approximate surface area is 180 Å². The molecule has 1 fully saturated rings. The van der Waals surface area contributed by atoms with Crippen LogP contribution in [0.3, 0.4) is 0 Å². The van der Waals surface area contributed by atoms with Crippen molar-refractivity contribution in [3.8, 4) is 0 Å². The fraction of sp³-hybridized carbons (Fsp3) is 0.818. The molecular formula is C22H39N3O5. The van der Waals surface area contributed by atoms with Gasteiger partial charge in [-0.15, -0.1) is 0 Å². The first kappa shape index (κ1) is 25.9. The Bertz CT molecular complexity index is 620. The normalized spacial score (nSPS) is 27.9. The van der Waals surface area contributed by atoms with Crippen LogP contribution in [0.25, 0.3) is 0 Å². The van der Waals surface area contributed by atoms with E-state index < -0.39 is 42.0 Å². The van der Waals surface area contributed by atoms with Crippen molar-refractivity contribution >= 4 is 23.7 Å². The SMILES string of the molecule is CCCCC(C)C1CC(=O)N[C@@H](C(C)C)C(=O)N[C@@H](C)C(=O)N[C@H](C(C)C)C(=O)O1. The summed E-state index contributed by atoms with van der Waals surface area (Å²) in [6.07, 6.45) is 2.11. The number of nitrogens with one attached hydrogen (secondary N) is 3. The first-order chi connectivity index (χ1) is 14.0. The van der Waals surface area contributed by atoms with Crippen LogP contribution < -0.4 is 16.0 Å². The summed E-state index contributed by atoms with van der Waals surface area (Å²) < 4.78 is 5.75. The molecule has 0 spiro atoms. The van der Waals surface area contributed by atoms with Gasteiger partial charge in [-0.2, -0.15) is 0 Å². The van der Waals surface area contributed by atoms with E-state index >= 15 is 0 Å². The van der Waals surface area contributed by atoms with E-state index in [4.69, 9.17) is 4.74 Å². The molecule has 0 bridgehead atoms. The van der Waals surface area contributed by atoms with E-state index in [1.807, 2.05) is 34.6 Å². The highest BCUT2D eigenvalue weighted by Crippen LogP contribution is 2.20. The Hall–Kier alpha value is -2.12. The maximum atomic E-state index is 12.9. The minimum atomic E-state index is -0.859. The van der Waals surface area contributed by atoms with Gasteiger partial charge < -0.3 is 20.7 Å². The molecule has 1 saturated heterocycles. The summed E-state index contributed by atoms with van der Waals surface area (Å²) in [5.41, 5.74) is 0. The first-order valence-corrected chi connectivity index (χ1v) is 11.1. The number of ether oxygens (including phenoxy) is 1. The van der Waals surface area contributed by atoms with Crippen molar-refractivity contribution < 1.29 is 23.9 Å². The van der Waals surface area contributed by atoms with Crippen LogP contribution in [0.2, 0.25) is 0 Å². The van der Waals surface area contributed by atoms with Crippen LogP contribution in [0, 0.1) is 17.8 Å². The molecular weight excluding hydrogens is 386 g/mol. The third-order valence-electron chi connectivity index (χ3n) is 5.54. The average Bonchev–Trinajstić information content (AvgIpc) is 2.66. The van der Waals surface area contributed by atoms with Gasteiger partial charge in [-0.1, -0.05) is 54.4 Å². The van der Waals surface area contributed by atoms with E-state index in [9.17, 15) is 19.2 Å². The van der Waals surface area contributed by atoms with E-state index in [1.54, 1.807) is 6.92 Å². The lowest BCUT2D eigenvalue weighted by molar-refractivity contribution is -0.158. The molecule has 8 heteroatoms. The molecule has 2 unspecified atom stereocenters. The molecule has 1 aliphatic heterocycles. The Kier molecular flexibility index (Phi) is 10.3. The number of cyclic esters (lactones) is 1. The summed E-state index contributed by atoms with van der Waals surface area (Å²) in [6.45, 7) is 12.8. The minimum absolute atomic E-state index is 0.0264. The molecule has 8 nitrogen and oxygen atoms in total. The van der Waals surface area contributed by atoms with Crippen LogP contribution >= 0.6 is 0 Å². The van der Waals surface area contributed by atoms with E-state index in [2.05, 4.69) is 22.9 Å². The predicted octanol–water partition coefficient (Wildman–Crippen LogP) is 1.91. The summed E-state index contributed by atoms with van der Waals surface area (Å²) in [7, 11) is 0. The lowest BCUT2D eigenvalue weighted by Crippen LogP contribution is -2.56. The van der Waals surface area contributed by atoms with Crippen LogP contribution in [0.4, 0.5) is 0 Å². The Balaban J connectivity index is 3.24. The summed E-state index contributed by atoms with van der Waals surface area (Å²) in [4.78, 5) is 50.9. The lowest BCUT2D eigenvalue weighted by Gasteiger charge is -2.28. The van der Waals surface area contributed by atoms with Gasteiger partial charge in [0.2, 0.25) is 17.7 Å². The van der Waals surface area contributed by atoms with E-state index in [0.717, 1.165) is 19.3 Å². The third kappa shape index (κ3) is 7.61. The average molecular weight is 426 g/mol. The number of carbonyl (C=O) groups is 4. The van der Waals surface area contributed by atoms with Gasteiger partial charge in [-0.3, -0.25) is 14.4 Å². The van der Waals surface area contributed by atoms with Crippen LogP contribution in [-0.4, -0.2) is 47.9 Å². The standard InChI is InChI=1S/C22H39N3O5/c1-8-9-10-14(6)16-11-17(26)24-18(12(2)3)21(28)23-15(7)20(27)25-19(13(4)5)22(29)30-16/h12-16,18-19H,8-11H2,1-7H3,(H,23,28)(H,24,26)(H,25,27)/t14?,15-,16?,18-,19+/m0/s1. The molecule has 30 heavy (non-hydrogen) atoms. The van der Waals surface area contributed by atoms with Gasteiger partial charge in [0.05, 0.1) is 6.42 Å². The van der Waals surface area contributed by atoms with Gasteiger partial charge in [0, 0.05) is 0 Å². The molecule has 1 aliphatic rings. The molecule has 3 N–H and O–H groups in total. The first-order valence-electron chi connectivity index (χ1n) is 11.1. The summed E-state index contributed by atoms with van der Waals surface area (Å²) >= 11 is 0. The molecule has 0 aromatic rings. The van der Waals surface area contributed by atoms with Gasteiger partial charge in [-0.05, 0) is 31.1 Å². The highest BCUT2D eigenvalue weighted by molar-refractivity contribution is 5.94. The van der Waals surface area contributed by atoms with Crippen LogP contribution in [-0.2, 0) is 23.9 Å². The van der Waals surface area contributed by atoms with Gasteiger partial charge in [-0.25, -0.2) is 4.79 Å². The monoisotopic (exact) mass is 425 g/mol. The highest BCUT2D eigenvalue weighted by Gasteiger charge is 2.35. The molecule has 1 rings (SSSR count). The maximum Gasteiger partial charge on any atom is 0.329 e. The lowest BCUT2D eigenvalue weighted by atomic mass is 9.94. The molecule has 3 amide bonds. The Morgan fingerprint density at radius 2 is 1.50 bits per heavy atom. The number of amides is 3. The van der Waals surface area contributed by atoms with Crippen molar-refractivity contribution in [1.29, 1.82) is 0 Å². The van der Waals surface area contributed by atoms with Crippen molar-refractivity contribution in [2.75, 3.05) is 0 Å². The minimum Gasteiger partial charge on any atom is -0.460 e. The second-order valence-electron chi connectivity index (χ2n) is 9.05. The van der Waals surface area contributed by atoms with Crippen molar-refractivity contribution in [2.45, 2.75) is 98.4 Å².